The summed E-state index contributed by atoms with van der Waals surface area (Å²) < 4.78 is 1.26. The van der Waals surface area contributed by atoms with Crippen molar-refractivity contribution in [1.82, 2.24) is 9.88 Å². The molecule has 0 spiro atoms. The molecule has 4 nitrogen and oxygen atoms in total. The average Bonchev–Trinajstić information content (AvgIpc) is 2.96. The summed E-state index contributed by atoms with van der Waals surface area (Å²) in [4.78, 5) is 18.9. The highest BCUT2D eigenvalue weighted by atomic mass is 32.1. The second kappa shape index (κ2) is 6.75. The Kier molecular flexibility index (Phi) is 4.74. The third-order valence-corrected chi connectivity index (χ3v) is 5.52. The van der Waals surface area contributed by atoms with Crippen LogP contribution in [0.4, 0.5) is 0 Å². The van der Waals surface area contributed by atoms with Crippen molar-refractivity contribution >= 4 is 27.5 Å². The SMILES string of the molecule is CC(N)CCC(=O)N1CCC(c2nc3ccccc3s2)CC1. The quantitative estimate of drug-likeness (QED) is 0.942. The van der Waals surface area contributed by atoms with Gasteiger partial charge in [-0.25, -0.2) is 4.98 Å². The van der Waals surface area contributed by atoms with Crippen LogP contribution < -0.4 is 5.73 Å². The van der Waals surface area contributed by atoms with Gasteiger partial charge in [-0.2, -0.15) is 0 Å². The number of nitrogens with zero attached hydrogens (tertiary/aromatic N) is 2. The fraction of sp³-hybridized carbons (Fsp3) is 0.529. The van der Waals surface area contributed by atoms with Crippen LogP contribution in [0.25, 0.3) is 10.2 Å². The molecule has 0 bridgehead atoms. The van der Waals surface area contributed by atoms with Crippen LogP contribution in [0.3, 0.4) is 0 Å². The number of likely N-dealkylation sites (tertiary alicyclic amines) is 1. The third-order valence-electron chi connectivity index (χ3n) is 4.32. The molecule has 22 heavy (non-hydrogen) atoms. The van der Waals surface area contributed by atoms with E-state index in [1.165, 1.54) is 9.71 Å². The third kappa shape index (κ3) is 3.47. The van der Waals surface area contributed by atoms with E-state index in [0.29, 0.717) is 12.3 Å². The first-order chi connectivity index (χ1) is 10.6. The molecule has 1 aromatic heterocycles. The van der Waals surface area contributed by atoms with Gasteiger partial charge < -0.3 is 10.6 Å². The van der Waals surface area contributed by atoms with Gasteiger partial charge in [0.1, 0.15) is 0 Å². The Morgan fingerprint density at radius 1 is 1.41 bits per heavy atom. The van der Waals surface area contributed by atoms with E-state index in [1.807, 2.05) is 17.9 Å². The average molecular weight is 317 g/mol. The smallest absolute Gasteiger partial charge is 0.222 e. The fourth-order valence-corrected chi connectivity index (χ4v) is 4.09. The zero-order chi connectivity index (χ0) is 15.5. The summed E-state index contributed by atoms with van der Waals surface area (Å²) >= 11 is 1.80. The van der Waals surface area contributed by atoms with E-state index in [4.69, 9.17) is 10.7 Å². The summed E-state index contributed by atoms with van der Waals surface area (Å²) in [5.74, 6) is 0.745. The van der Waals surface area contributed by atoms with E-state index in [9.17, 15) is 4.79 Å². The largest absolute Gasteiger partial charge is 0.343 e. The lowest BCUT2D eigenvalue weighted by Gasteiger charge is -2.31. The minimum absolute atomic E-state index is 0.101. The molecular formula is C17H23N3OS. The summed E-state index contributed by atoms with van der Waals surface area (Å²) in [7, 11) is 0. The van der Waals surface area contributed by atoms with Gasteiger partial charge in [-0.1, -0.05) is 12.1 Å². The van der Waals surface area contributed by atoms with Crippen LogP contribution in [0.1, 0.15) is 43.5 Å². The van der Waals surface area contributed by atoms with E-state index in [1.54, 1.807) is 11.3 Å². The number of hydrogen-bond acceptors (Lipinski definition) is 4. The van der Waals surface area contributed by atoms with Gasteiger partial charge in [0, 0.05) is 31.5 Å². The summed E-state index contributed by atoms with van der Waals surface area (Å²) in [6.07, 6.45) is 3.38. The van der Waals surface area contributed by atoms with Gasteiger partial charge in [0.2, 0.25) is 5.91 Å². The molecule has 1 aromatic carbocycles. The molecule has 1 aliphatic rings. The molecule has 1 fully saturated rings. The number of piperidine rings is 1. The van der Waals surface area contributed by atoms with Gasteiger partial charge >= 0.3 is 0 Å². The number of hydrogen-bond donors (Lipinski definition) is 1. The van der Waals surface area contributed by atoms with E-state index in [-0.39, 0.29) is 11.9 Å². The van der Waals surface area contributed by atoms with Crippen molar-refractivity contribution in [2.24, 2.45) is 5.73 Å². The monoisotopic (exact) mass is 317 g/mol. The maximum absolute atomic E-state index is 12.1. The number of fused-ring (bicyclic) bond motifs is 1. The molecule has 0 saturated carbocycles. The van der Waals surface area contributed by atoms with Gasteiger partial charge in [-0.15, -0.1) is 11.3 Å². The molecule has 0 aliphatic carbocycles. The van der Waals surface area contributed by atoms with Crippen molar-refractivity contribution in [2.45, 2.75) is 44.6 Å². The highest BCUT2D eigenvalue weighted by molar-refractivity contribution is 7.18. The molecule has 3 rings (SSSR count). The summed E-state index contributed by atoms with van der Waals surface area (Å²) in [5.41, 5.74) is 6.82. The second-order valence-electron chi connectivity index (χ2n) is 6.19. The van der Waals surface area contributed by atoms with Crippen LogP contribution in [0, 0.1) is 0 Å². The lowest BCUT2D eigenvalue weighted by atomic mass is 9.97. The van der Waals surface area contributed by atoms with E-state index in [2.05, 4.69) is 18.2 Å². The Morgan fingerprint density at radius 3 is 2.82 bits per heavy atom. The summed E-state index contributed by atoms with van der Waals surface area (Å²) in [6.45, 7) is 3.64. The predicted molar refractivity (Wildman–Crippen MR) is 91.1 cm³/mol. The first kappa shape index (κ1) is 15.4. The Balaban J connectivity index is 1.58. The zero-order valence-corrected chi connectivity index (χ0v) is 13.8. The van der Waals surface area contributed by atoms with Crippen LogP contribution in [0.2, 0.25) is 0 Å². The highest BCUT2D eigenvalue weighted by Gasteiger charge is 2.25. The number of rotatable bonds is 4. The number of aromatic nitrogens is 1. The minimum Gasteiger partial charge on any atom is -0.343 e. The van der Waals surface area contributed by atoms with Crippen molar-refractivity contribution in [1.29, 1.82) is 0 Å². The number of para-hydroxylation sites is 1. The molecule has 118 valence electrons. The van der Waals surface area contributed by atoms with Crippen LogP contribution in [-0.4, -0.2) is 34.9 Å². The topological polar surface area (TPSA) is 59.2 Å². The Bertz CT molecular complexity index is 611. The Morgan fingerprint density at radius 2 is 2.14 bits per heavy atom. The molecule has 1 aliphatic heterocycles. The van der Waals surface area contributed by atoms with Crippen molar-refractivity contribution in [3.63, 3.8) is 0 Å². The maximum atomic E-state index is 12.1. The molecule has 2 heterocycles. The molecular weight excluding hydrogens is 294 g/mol. The molecule has 5 heteroatoms. The number of amides is 1. The van der Waals surface area contributed by atoms with Gasteiger partial charge in [-0.05, 0) is 38.3 Å². The lowest BCUT2D eigenvalue weighted by Crippen LogP contribution is -2.38. The van der Waals surface area contributed by atoms with Crippen molar-refractivity contribution in [2.75, 3.05) is 13.1 Å². The number of nitrogens with two attached hydrogens (primary N) is 1. The number of carbonyl (C=O) groups is 1. The minimum atomic E-state index is 0.101. The zero-order valence-electron chi connectivity index (χ0n) is 13.0. The standard InChI is InChI=1S/C17H23N3OS/c1-12(18)6-7-16(21)20-10-8-13(9-11-20)17-19-14-4-2-3-5-15(14)22-17/h2-5,12-13H,6-11,18H2,1H3. The van der Waals surface area contributed by atoms with Gasteiger partial charge in [0.25, 0.3) is 0 Å². The second-order valence-corrected chi connectivity index (χ2v) is 7.25. The van der Waals surface area contributed by atoms with Gasteiger partial charge in [0.05, 0.1) is 15.2 Å². The highest BCUT2D eigenvalue weighted by Crippen LogP contribution is 2.33. The molecule has 2 aromatic rings. The van der Waals surface area contributed by atoms with Gasteiger partial charge in [0.15, 0.2) is 0 Å². The molecule has 1 saturated heterocycles. The van der Waals surface area contributed by atoms with Crippen molar-refractivity contribution < 1.29 is 4.79 Å². The molecule has 2 N–H and O–H groups in total. The van der Waals surface area contributed by atoms with Crippen molar-refractivity contribution in [3.05, 3.63) is 29.3 Å². The first-order valence-electron chi connectivity index (χ1n) is 8.02. The van der Waals surface area contributed by atoms with Crippen molar-refractivity contribution in [3.8, 4) is 0 Å². The molecule has 1 unspecified atom stereocenters. The Labute approximate surface area is 135 Å². The molecule has 1 amide bonds. The Hall–Kier alpha value is -1.46. The van der Waals surface area contributed by atoms with E-state index in [0.717, 1.165) is 37.9 Å². The van der Waals surface area contributed by atoms with Crippen LogP contribution in [0.15, 0.2) is 24.3 Å². The summed E-state index contributed by atoms with van der Waals surface area (Å²) in [5, 5.41) is 1.23. The van der Waals surface area contributed by atoms with Crippen LogP contribution in [0.5, 0.6) is 0 Å². The first-order valence-corrected chi connectivity index (χ1v) is 8.84. The maximum Gasteiger partial charge on any atom is 0.222 e. The normalized spacial score (nSPS) is 17.8. The number of thiazole rings is 1. The molecule has 1 atom stereocenters. The molecule has 0 radical (unpaired) electrons. The van der Waals surface area contributed by atoms with Gasteiger partial charge in [-0.3, -0.25) is 4.79 Å². The van der Waals surface area contributed by atoms with E-state index < -0.39 is 0 Å². The fourth-order valence-electron chi connectivity index (χ4n) is 2.95. The lowest BCUT2D eigenvalue weighted by molar-refractivity contribution is -0.132. The number of carbonyl (C=O) groups excluding carboxylic acids is 1. The van der Waals surface area contributed by atoms with Crippen LogP contribution >= 0.6 is 11.3 Å². The van der Waals surface area contributed by atoms with E-state index >= 15 is 0 Å². The predicted octanol–water partition coefficient (Wildman–Crippen LogP) is 3.13. The summed E-state index contributed by atoms with van der Waals surface area (Å²) in [6, 6.07) is 8.39. The number of benzene rings is 1. The van der Waals surface area contributed by atoms with Crippen LogP contribution in [-0.2, 0) is 4.79 Å².